The molecule has 0 aliphatic heterocycles. The van der Waals surface area contributed by atoms with E-state index in [0.29, 0.717) is 30.5 Å². The number of nitrogens with zero attached hydrogens (tertiary/aromatic N) is 1. The molecule has 0 aliphatic carbocycles. The number of benzene rings is 1. The Balaban J connectivity index is 2.04. The number of nitrogen functional groups attached to an aromatic ring is 1. The maximum absolute atomic E-state index is 6.11. The maximum Gasteiger partial charge on any atom is 0.239 e. The Morgan fingerprint density at radius 2 is 2.05 bits per heavy atom. The minimum atomic E-state index is 0.469. The average molecular weight is 292 g/mol. The van der Waals surface area contributed by atoms with E-state index in [1.54, 1.807) is 6.07 Å². The van der Waals surface area contributed by atoms with Crippen LogP contribution in [0.3, 0.4) is 0 Å². The number of rotatable bonds is 6. The van der Waals surface area contributed by atoms with E-state index in [-0.39, 0.29) is 0 Å². The third-order valence-electron chi connectivity index (χ3n) is 2.75. The summed E-state index contributed by atoms with van der Waals surface area (Å²) in [6.07, 6.45) is 0.915. The number of pyridine rings is 1. The summed E-state index contributed by atoms with van der Waals surface area (Å²) in [6.45, 7) is 3.24. The van der Waals surface area contributed by atoms with Crippen molar-refractivity contribution in [2.75, 3.05) is 17.7 Å². The summed E-state index contributed by atoms with van der Waals surface area (Å²) >= 11 is 6.11. The molecule has 0 bridgehead atoms. The van der Waals surface area contributed by atoms with Crippen LogP contribution in [0.5, 0.6) is 5.88 Å². The summed E-state index contributed by atoms with van der Waals surface area (Å²) in [5.74, 6) is 1.18. The van der Waals surface area contributed by atoms with Crippen LogP contribution < -0.4 is 15.8 Å². The Labute approximate surface area is 123 Å². The summed E-state index contributed by atoms with van der Waals surface area (Å²) < 4.78 is 5.50. The lowest BCUT2D eigenvalue weighted by Gasteiger charge is -2.11. The Morgan fingerprint density at radius 3 is 2.80 bits per heavy atom. The van der Waals surface area contributed by atoms with Crippen LogP contribution in [0, 0.1) is 0 Å². The lowest BCUT2D eigenvalue weighted by atomic mass is 10.2. The van der Waals surface area contributed by atoms with Crippen LogP contribution in [0.25, 0.3) is 0 Å². The van der Waals surface area contributed by atoms with Gasteiger partial charge in [0.15, 0.2) is 0 Å². The minimum absolute atomic E-state index is 0.469. The monoisotopic (exact) mass is 291 g/mol. The molecule has 0 spiro atoms. The molecule has 0 aliphatic rings. The van der Waals surface area contributed by atoms with Gasteiger partial charge in [-0.1, -0.05) is 36.7 Å². The SMILES string of the molecule is CCCOc1nc(NCc2ccccc2Cl)ccc1N. The standard InChI is InChI=1S/C15H18ClN3O/c1-2-9-20-15-13(17)7-8-14(19-15)18-10-11-5-3-4-6-12(11)16/h3-8H,2,9-10,17H2,1H3,(H,18,19). The molecule has 106 valence electrons. The molecule has 1 aromatic heterocycles. The van der Waals surface area contributed by atoms with E-state index in [2.05, 4.69) is 10.3 Å². The third kappa shape index (κ3) is 3.78. The van der Waals surface area contributed by atoms with Crippen LogP contribution in [0.4, 0.5) is 11.5 Å². The Kier molecular flexibility index (Phi) is 5.07. The van der Waals surface area contributed by atoms with Crippen molar-refractivity contribution < 1.29 is 4.74 Å². The van der Waals surface area contributed by atoms with E-state index >= 15 is 0 Å². The molecule has 5 heteroatoms. The smallest absolute Gasteiger partial charge is 0.239 e. The van der Waals surface area contributed by atoms with E-state index in [0.717, 1.165) is 17.0 Å². The van der Waals surface area contributed by atoms with Crippen molar-refractivity contribution in [3.63, 3.8) is 0 Å². The van der Waals surface area contributed by atoms with Gasteiger partial charge in [0.05, 0.1) is 12.3 Å². The van der Waals surface area contributed by atoms with Crippen LogP contribution in [-0.4, -0.2) is 11.6 Å². The predicted molar refractivity (Wildman–Crippen MR) is 83.2 cm³/mol. The van der Waals surface area contributed by atoms with Crippen LogP contribution in [0.1, 0.15) is 18.9 Å². The van der Waals surface area contributed by atoms with E-state index in [4.69, 9.17) is 22.1 Å². The summed E-state index contributed by atoms with van der Waals surface area (Å²) in [4.78, 5) is 4.35. The lowest BCUT2D eigenvalue weighted by molar-refractivity contribution is 0.307. The molecule has 0 fully saturated rings. The zero-order valence-electron chi connectivity index (χ0n) is 11.4. The zero-order valence-corrected chi connectivity index (χ0v) is 12.2. The van der Waals surface area contributed by atoms with Gasteiger partial charge < -0.3 is 15.8 Å². The van der Waals surface area contributed by atoms with Gasteiger partial charge in [0.1, 0.15) is 5.82 Å². The van der Waals surface area contributed by atoms with E-state index in [9.17, 15) is 0 Å². The molecule has 2 rings (SSSR count). The van der Waals surface area contributed by atoms with Gasteiger partial charge in [-0.25, -0.2) is 0 Å². The van der Waals surface area contributed by atoms with Crippen molar-refractivity contribution in [3.05, 3.63) is 47.0 Å². The maximum atomic E-state index is 6.11. The summed E-state index contributed by atoms with van der Waals surface area (Å²) in [7, 11) is 0. The predicted octanol–water partition coefficient (Wildman–Crippen LogP) is 3.72. The molecule has 2 aromatic rings. The lowest BCUT2D eigenvalue weighted by Crippen LogP contribution is -2.06. The largest absolute Gasteiger partial charge is 0.476 e. The molecule has 0 radical (unpaired) electrons. The molecule has 0 saturated heterocycles. The van der Waals surface area contributed by atoms with Crippen LogP contribution in [0.2, 0.25) is 5.02 Å². The van der Waals surface area contributed by atoms with Crippen molar-refractivity contribution in [2.24, 2.45) is 0 Å². The fourth-order valence-electron chi connectivity index (χ4n) is 1.69. The normalized spacial score (nSPS) is 10.3. The molecule has 0 atom stereocenters. The number of halogens is 1. The van der Waals surface area contributed by atoms with Crippen LogP contribution in [0.15, 0.2) is 36.4 Å². The Morgan fingerprint density at radius 1 is 1.25 bits per heavy atom. The van der Waals surface area contributed by atoms with Gasteiger partial charge in [0.25, 0.3) is 0 Å². The molecular formula is C15H18ClN3O. The van der Waals surface area contributed by atoms with Gasteiger partial charge in [-0.2, -0.15) is 4.98 Å². The quantitative estimate of drug-likeness (QED) is 0.851. The topological polar surface area (TPSA) is 60.2 Å². The summed E-state index contributed by atoms with van der Waals surface area (Å²) in [6, 6.07) is 11.3. The highest BCUT2D eigenvalue weighted by Gasteiger charge is 2.05. The van der Waals surface area contributed by atoms with Crippen molar-refractivity contribution in [1.82, 2.24) is 4.98 Å². The number of hydrogen-bond acceptors (Lipinski definition) is 4. The molecule has 3 N–H and O–H groups in total. The average Bonchev–Trinajstić information content (AvgIpc) is 2.46. The van der Waals surface area contributed by atoms with Gasteiger partial charge in [0, 0.05) is 11.6 Å². The first-order chi connectivity index (χ1) is 9.70. The number of anilines is 2. The van der Waals surface area contributed by atoms with Gasteiger partial charge in [-0.3, -0.25) is 0 Å². The Bertz CT molecular complexity index is 575. The van der Waals surface area contributed by atoms with Crippen molar-refractivity contribution in [2.45, 2.75) is 19.9 Å². The minimum Gasteiger partial charge on any atom is -0.476 e. The van der Waals surface area contributed by atoms with Crippen LogP contribution in [-0.2, 0) is 6.54 Å². The number of hydrogen-bond donors (Lipinski definition) is 2. The fourth-order valence-corrected chi connectivity index (χ4v) is 1.89. The molecule has 1 aromatic carbocycles. The second-order valence-corrected chi connectivity index (χ2v) is 4.79. The molecule has 0 amide bonds. The summed E-state index contributed by atoms with van der Waals surface area (Å²) in [5.41, 5.74) is 7.39. The van der Waals surface area contributed by atoms with Gasteiger partial charge in [0.2, 0.25) is 5.88 Å². The van der Waals surface area contributed by atoms with Crippen molar-refractivity contribution >= 4 is 23.1 Å². The second kappa shape index (κ2) is 7.01. The Hall–Kier alpha value is -1.94. The van der Waals surface area contributed by atoms with E-state index < -0.39 is 0 Å². The van der Waals surface area contributed by atoms with E-state index in [1.165, 1.54) is 0 Å². The number of aromatic nitrogens is 1. The first kappa shape index (κ1) is 14.5. The van der Waals surface area contributed by atoms with Crippen molar-refractivity contribution in [3.8, 4) is 5.88 Å². The van der Waals surface area contributed by atoms with Gasteiger partial charge >= 0.3 is 0 Å². The molecule has 0 unspecified atom stereocenters. The molecule has 20 heavy (non-hydrogen) atoms. The second-order valence-electron chi connectivity index (χ2n) is 4.38. The first-order valence-corrected chi connectivity index (χ1v) is 6.95. The third-order valence-corrected chi connectivity index (χ3v) is 3.12. The van der Waals surface area contributed by atoms with Crippen LogP contribution >= 0.6 is 11.6 Å². The fraction of sp³-hybridized carbons (Fsp3) is 0.267. The molecule has 4 nitrogen and oxygen atoms in total. The first-order valence-electron chi connectivity index (χ1n) is 6.57. The zero-order chi connectivity index (χ0) is 14.4. The number of ether oxygens (including phenoxy) is 1. The number of nitrogens with one attached hydrogen (secondary N) is 1. The number of nitrogens with two attached hydrogens (primary N) is 1. The van der Waals surface area contributed by atoms with E-state index in [1.807, 2.05) is 37.3 Å². The van der Waals surface area contributed by atoms with Crippen molar-refractivity contribution in [1.29, 1.82) is 0 Å². The molecule has 1 heterocycles. The molecular weight excluding hydrogens is 274 g/mol. The highest BCUT2D eigenvalue weighted by molar-refractivity contribution is 6.31. The molecule has 0 saturated carbocycles. The van der Waals surface area contributed by atoms with Gasteiger partial charge in [-0.05, 0) is 30.2 Å². The summed E-state index contributed by atoms with van der Waals surface area (Å²) in [5, 5.41) is 3.95. The van der Waals surface area contributed by atoms with Gasteiger partial charge in [-0.15, -0.1) is 0 Å². The highest BCUT2D eigenvalue weighted by Crippen LogP contribution is 2.22. The highest BCUT2D eigenvalue weighted by atomic mass is 35.5.